The summed E-state index contributed by atoms with van der Waals surface area (Å²) in [6, 6.07) is 7.90. The summed E-state index contributed by atoms with van der Waals surface area (Å²) >= 11 is 0. The van der Waals surface area contributed by atoms with Crippen molar-refractivity contribution in [2.45, 2.75) is 18.7 Å². The summed E-state index contributed by atoms with van der Waals surface area (Å²) in [5.74, 6) is -0.197. The van der Waals surface area contributed by atoms with Gasteiger partial charge in [0.15, 0.2) is 5.82 Å². The van der Waals surface area contributed by atoms with Crippen LogP contribution in [0.5, 0.6) is 0 Å². The lowest BCUT2D eigenvalue weighted by atomic mass is 10.2. The lowest BCUT2D eigenvalue weighted by Gasteiger charge is -2.06. The van der Waals surface area contributed by atoms with E-state index in [1.807, 2.05) is 6.92 Å². The summed E-state index contributed by atoms with van der Waals surface area (Å²) in [4.78, 5) is 14.6. The zero-order chi connectivity index (χ0) is 16.1. The average molecular weight is 318 g/mol. The second-order valence-corrected chi connectivity index (χ2v) is 6.86. The molecule has 0 spiro atoms. The number of H-pyrrole nitrogens is 1. The van der Waals surface area contributed by atoms with Gasteiger partial charge >= 0.3 is 0 Å². The molecule has 2 aromatic heterocycles. The van der Waals surface area contributed by atoms with Crippen molar-refractivity contribution in [1.29, 1.82) is 0 Å². The first-order valence-electron chi connectivity index (χ1n) is 6.51. The third kappa shape index (κ3) is 2.08. The van der Waals surface area contributed by atoms with E-state index in [4.69, 9.17) is 5.73 Å². The van der Waals surface area contributed by atoms with Crippen LogP contribution in [0.1, 0.15) is 11.3 Å². The van der Waals surface area contributed by atoms with E-state index in [1.54, 1.807) is 25.1 Å². The minimum atomic E-state index is -3.95. The van der Waals surface area contributed by atoms with E-state index in [1.165, 1.54) is 12.1 Å². The molecule has 0 aliphatic heterocycles. The van der Waals surface area contributed by atoms with Crippen molar-refractivity contribution >= 4 is 26.7 Å². The second-order valence-electron chi connectivity index (χ2n) is 5.09. The molecule has 0 radical (unpaired) electrons. The van der Waals surface area contributed by atoms with Crippen LogP contribution < -0.4 is 11.3 Å². The third-order valence-electron chi connectivity index (χ3n) is 3.35. The van der Waals surface area contributed by atoms with E-state index in [-0.39, 0.29) is 21.6 Å². The van der Waals surface area contributed by atoms with Crippen molar-refractivity contribution in [2.24, 2.45) is 0 Å². The summed E-state index contributed by atoms with van der Waals surface area (Å²) in [6.07, 6.45) is 0. The first kappa shape index (κ1) is 14.3. The third-order valence-corrected chi connectivity index (χ3v) is 4.96. The molecule has 0 aliphatic carbocycles. The number of aryl methyl sites for hydroxylation is 2. The van der Waals surface area contributed by atoms with Gasteiger partial charge < -0.3 is 10.7 Å². The van der Waals surface area contributed by atoms with Crippen molar-refractivity contribution in [2.75, 3.05) is 5.73 Å². The van der Waals surface area contributed by atoms with Crippen LogP contribution in [0.15, 0.2) is 40.0 Å². The van der Waals surface area contributed by atoms with Crippen LogP contribution in [0.3, 0.4) is 0 Å². The smallest absolute Gasteiger partial charge is 0.284 e. The molecule has 22 heavy (non-hydrogen) atoms. The van der Waals surface area contributed by atoms with Crippen molar-refractivity contribution in [3.63, 3.8) is 0 Å². The molecule has 2 heterocycles. The Bertz CT molecular complexity index is 1030. The molecule has 0 fully saturated rings. The number of nitrogens with two attached hydrogens (primary N) is 1. The minimum absolute atomic E-state index is 0.0609. The van der Waals surface area contributed by atoms with E-state index in [9.17, 15) is 13.2 Å². The first-order valence-corrected chi connectivity index (χ1v) is 7.95. The normalized spacial score (nSPS) is 11.9. The fourth-order valence-electron chi connectivity index (χ4n) is 2.24. The van der Waals surface area contributed by atoms with Crippen LogP contribution in [-0.4, -0.2) is 22.6 Å². The van der Waals surface area contributed by atoms with Gasteiger partial charge in [-0.1, -0.05) is 17.7 Å². The lowest BCUT2D eigenvalue weighted by molar-refractivity contribution is 0.581. The van der Waals surface area contributed by atoms with E-state index in [2.05, 4.69) is 10.1 Å². The standard InChI is InChI=1S/C14H14N4O3S/c1-8-3-5-10(6-4-8)22(20,21)18-13(15)12-11(17-18)7-9(2)16-14(12)19/h3-7H,15H2,1-2H3,(H,16,19). The number of nitrogens with zero attached hydrogens (tertiary/aromatic N) is 2. The van der Waals surface area contributed by atoms with Crippen molar-refractivity contribution in [3.8, 4) is 0 Å². The van der Waals surface area contributed by atoms with Crippen LogP contribution in [-0.2, 0) is 10.0 Å². The predicted octanol–water partition coefficient (Wildman–Crippen LogP) is 1.16. The summed E-state index contributed by atoms with van der Waals surface area (Å²) in [7, 11) is -3.95. The monoisotopic (exact) mass is 318 g/mol. The van der Waals surface area contributed by atoms with E-state index < -0.39 is 15.6 Å². The Balaban J connectivity index is 2.30. The number of fused-ring (bicyclic) bond motifs is 1. The number of aromatic amines is 1. The topological polar surface area (TPSA) is 111 Å². The zero-order valence-electron chi connectivity index (χ0n) is 12.0. The molecule has 1 aromatic carbocycles. The molecule has 0 unspecified atom stereocenters. The maximum Gasteiger partial charge on any atom is 0.284 e. The molecule has 0 atom stereocenters. The Morgan fingerprint density at radius 1 is 1.18 bits per heavy atom. The van der Waals surface area contributed by atoms with Crippen LogP contribution in [0, 0.1) is 13.8 Å². The minimum Gasteiger partial charge on any atom is -0.382 e. The van der Waals surface area contributed by atoms with Gasteiger partial charge in [0.1, 0.15) is 10.9 Å². The number of hydrogen-bond acceptors (Lipinski definition) is 5. The van der Waals surface area contributed by atoms with Gasteiger partial charge in [0.2, 0.25) is 0 Å². The van der Waals surface area contributed by atoms with E-state index in [0.717, 1.165) is 5.56 Å². The Morgan fingerprint density at radius 2 is 1.82 bits per heavy atom. The van der Waals surface area contributed by atoms with Crippen LogP contribution in [0.2, 0.25) is 0 Å². The number of pyridine rings is 1. The predicted molar refractivity (Wildman–Crippen MR) is 83.3 cm³/mol. The Labute approximate surface area is 126 Å². The molecule has 114 valence electrons. The lowest BCUT2D eigenvalue weighted by Crippen LogP contribution is -2.17. The number of nitrogens with one attached hydrogen (secondary N) is 1. The van der Waals surface area contributed by atoms with Crippen LogP contribution in [0.25, 0.3) is 10.9 Å². The first-order chi connectivity index (χ1) is 10.3. The van der Waals surface area contributed by atoms with Crippen molar-refractivity contribution < 1.29 is 8.42 Å². The highest BCUT2D eigenvalue weighted by Crippen LogP contribution is 2.22. The quantitative estimate of drug-likeness (QED) is 0.736. The molecule has 0 saturated heterocycles. The highest BCUT2D eigenvalue weighted by Gasteiger charge is 2.24. The Hall–Kier alpha value is -2.61. The molecular formula is C14H14N4O3S. The second kappa shape index (κ2) is 4.70. The van der Waals surface area contributed by atoms with E-state index >= 15 is 0 Å². The van der Waals surface area contributed by atoms with E-state index in [0.29, 0.717) is 9.78 Å². The summed E-state index contributed by atoms with van der Waals surface area (Å²) in [5, 5.41) is 4.06. The maximum atomic E-state index is 12.6. The largest absolute Gasteiger partial charge is 0.382 e. The van der Waals surface area contributed by atoms with Gasteiger partial charge in [0.05, 0.1) is 4.90 Å². The van der Waals surface area contributed by atoms with Gasteiger partial charge in [0, 0.05) is 5.69 Å². The Kier molecular flexibility index (Phi) is 3.06. The molecule has 3 rings (SSSR count). The highest BCUT2D eigenvalue weighted by molar-refractivity contribution is 7.90. The van der Waals surface area contributed by atoms with Gasteiger partial charge in [0.25, 0.3) is 15.6 Å². The van der Waals surface area contributed by atoms with Crippen LogP contribution in [0.4, 0.5) is 5.82 Å². The summed E-state index contributed by atoms with van der Waals surface area (Å²) in [5.41, 5.74) is 7.14. The number of benzene rings is 1. The van der Waals surface area contributed by atoms with Crippen molar-refractivity contribution in [3.05, 3.63) is 51.9 Å². The summed E-state index contributed by atoms with van der Waals surface area (Å²) < 4.78 is 26.0. The number of aromatic nitrogens is 3. The molecule has 0 bridgehead atoms. The number of hydrogen-bond donors (Lipinski definition) is 2. The Morgan fingerprint density at radius 3 is 2.45 bits per heavy atom. The van der Waals surface area contributed by atoms with Gasteiger partial charge in [-0.05, 0) is 32.0 Å². The average Bonchev–Trinajstić information content (AvgIpc) is 2.77. The molecule has 0 aliphatic rings. The number of rotatable bonds is 2. The number of nitrogen functional groups attached to an aromatic ring is 1. The van der Waals surface area contributed by atoms with Gasteiger partial charge in [-0.15, -0.1) is 4.09 Å². The van der Waals surface area contributed by atoms with Crippen molar-refractivity contribution in [1.82, 2.24) is 14.2 Å². The van der Waals surface area contributed by atoms with Gasteiger partial charge in [-0.3, -0.25) is 4.79 Å². The fraction of sp³-hybridized carbons (Fsp3) is 0.143. The summed E-state index contributed by atoms with van der Waals surface area (Å²) in [6.45, 7) is 3.54. The molecule has 3 N–H and O–H groups in total. The molecule has 0 saturated carbocycles. The zero-order valence-corrected chi connectivity index (χ0v) is 12.8. The highest BCUT2D eigenvalue weighted by atomic mass is 32.2. The fourth-order valence-corrected chi connectivity index (χ4v) is 3.46. The molecule has 3 aromatic rings. The number of anilines is 1. The SMILES string of the molecule is Cc1ccc(S(=O)(=O)n2nc3cc(C)[nH]c(=O)c3c2N)cc1. The van der Waals surface area contributed by atoms with Gasteiger partial charge in [-0.25, -0.2) is 0 Å². The van der Waals surface area contributed by atoms with Gasteiger partial charge in [-0.2, -0.15) is 13.5 Å². The molecule has 0 amide bonds. The maximum absolute atomic E-state index is 12.6. The molecule has 8 heteroatoms. The molecular weight excluding hydrogens is 304 g/mol. The van der Waals surface area contributed by atoms with Crippen LogP contribution >= 0.6 is 0 Å². The molecule has 7 nitrogen and oxygen atoms in total.